The fourth-order valence-corrected chi connectivity index (χ4v) is 1.76. The molecule has 0 spiro atoms. The van der Waals surface area contributed by atoms with Gasteiger partial charge < -0.3 is 4.42 Å². The van der Waals surface area contributed by atoms with Gasteiger partial charge in [-0.1, -0.05) is 13.8 Å². The smallest absolute Gasteiger partial charge is 0.336 e. The van der Waals surface area contributed by atoms with Gasteiger partial charge in [0, 0.05) is 18.9 Å². The number of Topliss-reactive ketones (excluding diaryl/α,β-unsaturated/α-hetero) is 1. The van der Waals surface area contributed by atoms with E-state index >= 15 is 0 Å². The van der Waals surface area contributed by atoms with Crippen LogP contribution in [0.4, 0.5) is 0 Å². The van der Waals surface area contributed by atoms with Crippen molar-refractivity contribution in [1.82, 2.24) is 0 Å². The minimum Gasteiger partial charge on any atom is -0.427 e. The van der Waals surface area contributed by atoms with E-state index in [4.69, 9.17) is 4.42 Å². The highest BCUT2D eigenvalue weighted by atomic mass is 16.4. The molecule has 0 aliphatic heterocycles. The maximum Gasteiger partial charge on any atom is 0.336 e. The van der Waals surface area contributed by atoms with E-state index in [1.165, 1.54) is 6.07 Å². The molecule has 0 saturated carbocycles. The third-order valence-corrected chi connectivity index (χ3v) is 2.32. The van der Waals surface area contributed by atoms with E-state index in [0.29, 0.717) is 24.2 Å². The van der Waals surface area contributed by atoms with E-state index in [-0.39, 0.29) is 11.4 Å². The lowest BCUT2D eigenvalue weighted by molar-refractivity contribution is 0.0965. The summed E-state index contributed by atoms with van der Waals surface area (Å²) in [6.07, 6.45) is 2.07. The first-order valence-corrected chi connectivity index (χ1v) is 5.35. The van der Waals surface area contributed by atoms with E-state index in [0.717, 1.165) is 12.0 Å². The van der Waals surface area contributed by atoms with E-state index in [1.54, 1.807) is 6.92 Å². The Kier molecular flexibility index (Phi) is 3.83. The lowest BCUT2D eigenvalue weighted by Gasteiger charge is -2.13. The van der Waals surface area contributed by atoms with E-state index in [9.17, 15) is 9.59 Å². The molecule has 3 nitrogen and oxygen atoms in total. The molecule has 1 aliphatic rings. The monoisotopic (exact) mass is 208 g/mol. The molecule has 82 valence electrons. The second-order valence-electron chi connectivity index (χ2n) is 3.32. The predicted molar refractivity (Wildman–Crippen MR) is 58.3 cm³/mol. The Balaban J connectivity index is 0.000000531. The van der Waals surface area contributed by atoms with Gasteiger partial charge in [-0.3, -0.25) is 4.79 Å². The molecule has 0 atom stereocenters. The van der Waals surface area contributed by atoms with Gasteiger partial charge in [-0.25, -0.2) is 4.79 Å². The maximum atomic E-state index is 11.5. The highest BCUT2D eigenvalue weighted by Crippen LogP contribution is 2.22. The lowest BCUT2D eigenvalue weighted by atomic mass is 9.93. The van der Waals surface area contributed by atoms with Crippen molar-refractivity contribution < 1.29 is 9.21 Å². The fraction of sp³-hybridized carbons (Fsp3) is 0.500. The summed E-state index contributed by atoms with van der Waals surface area (Å²) in [5.74, 6) is 0.670. The molecule has 1 aliphatic carbocycles. The summed E-state index contributed by atoms with van der Waals surface area (Å²) in [5, 5.41) is 0. The maximum absolute atomic E-state index is 11.5. The van der Waals surface area contributed by atoms with Crippen LogP contribution >= 0.6 is 0 Å². The molecule has 1 aromatic rings. The van der Waals surface area contributed by atoms with Crippen molar-refractivity contribution in [2.75, 3.05) is 0 Å². The Morgan fingerprint density at radius 3 is 2.53 bits per heavy atom. The van der Waals surface area contributed by atoms with Crippen molar-refractivity contribution in [3.8, 4) is 0 Å². The molecule has 0 N–H and O–H groups in total. The van der Waals surface area contributed by atoms with Crippen molar-refractivity contribution in [2.45, 2.75) is 40.0 Å². The summed E-state index contributed by atoms with van der Waals surface area (Å²) in [5.41, 5.74) is 1.02. The average Bonchev–Trinajstić information content (AvgIpc) is 2.19. The Bertz CT molecular complexity index is 415. The van der Waals surface area contributed by atoms with Gasteiger partial charge in [-0.15, -0.1) is 0 Å². The van der Waals surface area contributed by atoms with Gasteiger partial charge >= 0.3 is 5.63 Å². The van der Waals surface area contributed by atoms with Gasteiger partial charge in [-0.05, 0) is 18.9 Å². The Labute approximate surface area is 89.1 Å². The molecule has 1 aromatic heterocycles. The summed E-state index contributed by atoms with van der Waals surface area (Å²) in [7, 11) is 0. The summed E-state index contributed by atoms with van der Waals surface area (Å²) in [6, 6.07) is 1.38. The zero-order valence-corrected chi connectivity index (χ0v) is 9.42. The second-order valence-corrected chi connectivity index (χ2v) is 3.32. The molecule has 0 fully saturated rings. The lowest BCUT2D eigenvalue weighted by Crippen LogP contribution is -2.16. The molecule has 0 radical (unpaired) electrons. The van der Waals surface area contributed by atoms with Gasteiger partial charge in [-0.2, -0.15) is 0 Å². The summed E-state index contributed by atoms with van der Waals surface area (Å²) in [4.78, 5) is 22.4. The highest BCUT2D eigenvalue weighted by molar-refractivity contribution is 5.99. The minimum absolute atomic E-state index is 0.0995. The Morgan fingerprint density at radius 1 is 1.20 bits per heavy atom. The van der Waals surface area contributed by atoms with Crippen molar-refractivity contribution in [2.24, 2.45) is 0 Å². The van der Waals surface area contributed by atoms with Crippen LogP contribution < -0.4 is 5.63 Å². The van der Waals surface area contributed by atoms with Crippen LogP contribution in [0.15, 0.2) is 15.3 Å². The molecule has 0 aromatic carbocycles. The van der Waals surface area contributed by atoms with Crippen LogP contribution in [0.3, 0.4) is 0 Å². The Morgan fingerprint density at radius 2 is 1.87 bits per heavy atom. The fourth-order valence-electron chi connectivity index (χ4n) is 1.76. The second kappa shape index (κ2) is 4.91. The first-order valence-electron chi connectivity index (χ1n) is 5.35. The summed E-state index contributed by atoms with van der Waals surface area (Å²) in [6.45, 7) is 5.78. The number of rotatable bonds is 0. The molecular weight excluding hydrogens is 192 g/mol. The van der Waals surface area contributed by atoms with Crippen LogP contribution in [0, 0.1) is 6.92 Å². The normalized spacial score (nSPS) is 13.9. The molecule has 0 amide bonds. The topological polar surface area (TPSA) is 47.3 Å². The number of fused-ring (bicyclic) bond motifs is 1. The van der Waals surface area contributed by atoms with E-state index in [1.807, 2.05) is 13.8 Å². The standard InChI is InChI=1S/C10H10O3.C2H6/c1-6-5-9(12)13-8-4-2-3-7(11)10(6)8;1-2/h5H,2-4H2,1H3;1-2H3. The van der Waals surface area contributed by atoms with Crippen molar-refractivity contribution in [3.63, 3.8) is 0 Å². The SMILES string of the molecule is CC.Cc1cc(=O)oc2c1C(=O)CCC2. The molecule has 2 rings (SSSR count). The minimum atomic E-state index is -0.356. The zero-order chi connectivity index (χ0) is 11.4. The van der Waals surface area contributed by atoms with Crippen LogP contribution in [0.1, 0.15) is 48.4 Å². The third-order valence-electron chi connectivity index (χ3n) is 2.32. The average molecular weight is 208 g/mol. The van der Waals surface area contributed by atoms with E-state index in [2.05, 4.69) is 0 Å². The molecule has 0 unspecified atom stereocenters. The van der Waals surface area contributed by atoms with Gasteiger partial charge in [0.1, 0.15) is 5.76 Å². The first-order chi connectivity index (χ1) is 7.18. The molecule has 15 heavy (non-hydrogen) atoms. The van der Waals surface area contributed by atoms with Gasteiger partial charge in [0.05, 0.1) is 5.56 Å². The molecule has 0 bridgehead atoms. The van der Waals surface area contributed by atoms with Crippen molar-refractivity contribution in [1.29, 1.82) is 0 Å². The van der Waals surface area contributed by atoms with Crippen molar-refractivity contribution in [3.05, 3.63) is 33.4 Å². The van der Waals surface area contributed by atoms with Crippen LogP contribution in [0.5, 0.6) is 0 Å². The van der Waals surface area contributed by atoms with Crippen LogP contribution in [-0.4, -0.2) is 5.78 Å². The van der Waals surface area contributed by atoms with Gasteiger partial charge in [0.25, 0.3) is 0 Å². The number of hydrogen-bond acceptors (Lipinski definition) is 3. The van der Waals surface area contributed by atoms with Gasteiger partial charge in [0.2, 0.25) is 0 Å². The number of aryl methyl sites for hydroxylation is 2. The third kappa shape index (κ3) is 2.35. The van der Waals surface area contributed by atoms with Crippen LogP contribution in [0.25, 0.3) is 0 Å². The number of carbonyl (C=O) groups is 1. The van der Waals surface area contributed by atoms with Gasteiger partial charge in [0.15, 0.2) is 5.78 Å². The highest BCUT2D eigenvalue weighted by Gasteiger charge is 2.21. The van der Waals surface area contributed by atoms with Crippen molar-refractivity contribution >= 4 is 5.78 Å². The number of carbonyl (C=O) groups excluding carboxylic acids is 1. The predicted octanol–water partition coefficient (Wildman–Crippen LogP) is 2.49. The molecule has 0 saturated heterocycles. The number of hydrogen-bond donors (Lipinski definition) is 0. The molecule has 1 heterocycles. The quantitative estimate of drug-likeness (QED) is 0.658. The summed E-state index contributed by atoms with van der Waals surface area (Å²) < 4.78 is 4.97. The largest absolute Gasteiger partial charge is 0.427 e. The van der Waals surface area contributed by atoms with E-state index < -0.39 is 0 Å². The van der Waals surface area contributed by atoms with Crippen LogP contribution in [0.2, 0.25) is 0 Å². The number of ketones is 1. The van der Waals surface area contributed by atoms with Crippen LogP contribution in [-0.2, 0) is 6.42 Å². The molecular formula is C12H16O3. The molecule has 3 heteroatoms. The zero-order valence-electron chi connectivity index (χ0n) is 9.42. The summed E-state index contributed by atoms with van der Waals surface area (Å²) >= 11 is 0. The Hall–Kier alpha value is -1.38. The first kappa shape index (κ1) is 11.7.